The molecule has 6 nitrogen and oxygen atoms in total. The van der Waals surface area contributed by atoms with Crippen LogP contribution in [0.2, 0.25) is 0 Å². The lowest BCUT2D eigenvalue weighted by molar-refractivity contribution is 0.391. The third-order valence-electron chi connectivity index (χ3n) is 1.84. The summed E-state index contributed by atoms with van der Waals surface area (Å²) in [5.41, 5.74) is 0.974. The van der Waals surface area contributed by atoms with E-state index in [0.717, 1.165) is 5.56 Å². The van der Waals surface area contributed by atoms with E-state index in [4.69, 9.17) is 9.78 Å². The van der Waals surface area contributed by atoms with Crippen LogP contribution in [0.15, 0.2) is 16.9 Å². The quantitative estimate of drug-likeness (QED) is 0.758. The minimum Gasteiger partial charge on any atom is -0.338 e. The zero-order chi connectivity index (χ0) is 12.1. The van der Waals surface area contributed by atoms with E-state index in [0.29, 0.717) is 29.0 Å². The zero-order valence-electron chi connectivity index (χ0n) is 9.12. The molecule has 0 saturated heterocycles. The SMILES string of the molecule is Cc1cnc(-c2noc(CSCC#N)n2)nc1. The molecule has 2 rings (SSSR count). The molecule has 0 radical (unpaired) electrons. The van der Waals surface area contributed by atoms with E-state index in [2.05, 4.69) is 20.1 Å². The third-order valence-corrected chi connectivity index (χ3v) is 2.63. The maximum absolute atomic E-state index is 8.40. The maximum atomic E-state index is 8.40. The van der Waals surface area contributed by atoms with Crippen molar-refractivity contribution in [1.82, 2.24) is 20.1 Å². The summed E-state index contributed by atoms with van der Waals surface area (Å²) in [5.74, 6) is 2.21. The highest BCUT2D eigenvalue weighted by molar-refractivity contribution is 7.98. The van der Waals surface area contributed by atoms with Crippen molar-refractivity contribution in [2.75, 3.05) is 5.75 Å². The predicted octanol–water partition coefficient (Wildman–Crippen LogP) is 1.59. The molecular weight excluding hydrogens is 238 g/mol. The van der Waals surface area contributed by atoms with Crippen molar-refractivity contribution < 1.29 is 4.52 Å². The van der Waals surface area contributed by atoms with Gasteiger partial charge in [-0.3, -0.25) is 0 Å². The molecule has 0 atom stereocenters. The van der Waals surface area contributed by atoms with Gasteiger partial charge in [0.15, 0.2) is 0 Å². The summed E-state index contributed by atoms with van der Waals surface area (Å²) in [5, 5.41) is 12.2. The lowest BCUT2D eigenvalue weighted by Crippen LogP contribution is -1.91. The highest BCUT2D eigenvalue weighted by Crippen LogP contribution is 2.14. The molecule has 0 aliphatic rings. The monoisotopic (exact) mass is 247 g/mol. The number of thioether (sulfide) groups is 1. The van der Waals surface area contributed by atoms with Crippen LogP contribution in [0, 0.1) is 18.3 Å². The Bertz CT molecular complexity index is 530. The first-order chi connectivity index (χ1) is 8.29. The maximum Gasteiger partial charge on any atom is 0.240 e. The predicted molar refractivity (Wildman–Crippen MR) is 61.8 cm³/mol. The molecule has 0 aliphatic heterocycles. The van der Waals surface area contributed by atoms with Crippen LogP contribution in [0.3, 0.4) is 0 Å². The van der Waals surface area contributed by atoms with Gasteiger partial charge in [0.2, 0.25) is 17.5 Å². The second kappa shape index (κ2) is 5.41. The Labute approximate surface area is 102 Å². The van der Waals surface area contributed by atoms with Crippen LogP contribution < -0.4 is 0 Å². The second-order valence-electron chi connectivity index (χ2n) is 3.25. The molecule has 0 spiro atoms. The summed E-state index contributed by atoms with van der Waals surface area (Å²) in [7, 11) is 0. The van der Waals surface area contributed by atoms with E-state index in [-0.39, 0.29) is 0 Å². The van der Waals surface area contributed by atoms with Crippen LogP contribution in [-0.4, -0.2) is 25.9 Å². The van der Waals surface area contributed by atoms with Gasteiger partial charge in [0.05, 0.1) is 17.6 Å². The van der Waals surface area contributed by atoms with Crippen molar-refractivity contribution in [3.8, 4) is 17.7 Å². The Morgan fingerprint density at radius 1 is 1.35 bits per heavy atom. The second-order valence-corrected chi connectivity index (χ2v) is 4.23. The summed E-state index contributed by atoms with van der Waals surface area (Å²) in [6.45, 7) is 1.91. The van der Waals surface area contributed by atoms with Crippen molar-refractivity contribution in [3.05, 3.63) is 23.8 Å². The standard InChI is InChI=1S/C10H9N5OS/c1-7-4-12-9(13-5-7)10-14-8(16-15-10)6-17-3-2-11/h4-5H,3,6H2,1H3. The molecule has 7 heteroatoms. The Morgan fingerprint density at radius 3 is 2.82 bits per heavy atom. The number of nitriles is 1. The van der Waals surface area contributed by atoms with Crippen molar-refractivity contribution in [3.63, 3.8) is 0 Å². The fourth-order valence-electron chi connectivity index (χ4n) is 1.10. The number of hydrogen-bond donors (Lipinski definition) is 0. The van der Waals surface area contributed by atoms with Gasteiger partial charge in [-0.1, -0.05) is 5.16 Å². The first kappa shape index (κ1) is 11.5. The van der Waals surface area contributed by atoms with Crippen LogP contribution in [0.25, 0.3) is 11.6 Å². The molecule has 0 saturated carbocycles. The fourth-order valence-corrected chi connectivity index (χ4v) is 1.58. The normalized spacial score (nSPS) is 10.1. The number of aryl methyl sites for hydroxylation is 1. The van der Waals surface area contributed by atoms with Gasteiger partial charge in [0.25, 0.3) is 0 Å². The summed E-state index contributed by atoms with van der Waals surface area (Å²) >= 11 is 1.42. The van der Waals surface area contributed by atoms with E-state index in [1.54, 1.807) is 12.4 Å². The Balaban J connectivity index is 2.08. The molecule has 86 valence electrons. The number of hydrogen-bond acceptors (Lipinski definition) is 7. The minimum absolute atomic E-state index is 0.373. The van der Waals surface area contributed by atoms with Gasteiger partial charge < -0.3 is 4.52 Å². The first-order valence-corrected chi connectivity index (χ1v) is 6.01. The van der Waals surface area contributed by atoms with Crippen LogP contribution in [-0.2, 0) is 5.75 Å². The fraction of sp³-hybridized carbons (Fsp3) is 0.300. The highest BCUT2D eigenvalue weighted by Gasteiger charge is 2.10. The Morgan fingerprint density at radius 2 is 2.12 bits per heavy atom. The average Bonchev–Trinajstić information content (AvgIpc) is 2.79. The third kappa shape index (κ3) is 3.01. The molecule has 0 N–H and O–H groups in total. The summed E-state index contributed by atoms with van der Waals surface area (Å²) < 4.78 is 5.02. The summed E-state index contributed by atoms with van der Waals surface area (Å²) in [6, 6.07) is 2.03. The van der Waals surface area contributed by atoms with E-state index >= 15 is 0 Å². The number of aromatic nitrogens is 4. The van der Waals surface area contributed by atoms with Gasteiger partial charge in [0, 0.05) is 12.4 Å². The molecule has 0 unspecified atom stereocenters. The van der Waals surface area contributed by atoms with Crippen LogP contribution in [0.4, 0.5) is 0 Å². The topological polar surface area (TPSA) is 88.5 Å². The zero-order valence-corrected chi connectivity index (χ0v) is 9.94. The largest absolute Gasteiger partial charge is 0.338 e. The van der Waals surface area contributed by atoms with Crippen LogP contribution >= 0.6 is 11.8 Å². The molecule has 17 heavy (non-hydrogen) atoms. The molecule has 0 bridgehead atoms. The molecule has 2 heterocycles. The Kier molecular flexibility index (Phi) is 3.67. The average molecular weight is 247 g/mol. The first-order valence-electron chi connectivity index (χ1n) is 4.86. The van der Waals surface area contributed by atoms with Crippen LogP contribution in [0.1, 0.15) is 11.5 Å². The van der Waals surface area contributed by atoms with E-state index in [1.807, 2.05) is 13.0 Å². The van der Waals surface area contributed by atoms with Crippen molar-refractivity contribution in [2.45, 2.75) is 12.7 Å². The molecule has 0 aromatic carbocycles. The number of rotatable bonds is 4. The van der Waals surface area contributed by atoms with Gasteiger partial charge in [-0.15, -0.1) is 11.8 Å². The van der Waals surface area contributed by atoms with Crippen LogP contribution in [0.5, 0.6) is 0 Å². The highest BCUT2D eigenvalue weighted by atomic mass is 32.2. The lowest BCUT2D eigenvalue weighted by Gasteiger charge is -1.92. The molecule has 0 aliphatic carbocycles. The van der Waals surface area contributed by atoms with E-state index in [9.17, 15) is 0 Å². The molecular formula is C10H9N5OS. The van der Waals surface area contributed by atoms with Crippen molar-refractivity contribution >= 4 is 11.8 Å². The van der Waals surface area contributed by atoms with Crippen molar-refractivity contribution in [2.24, 2.45) is 0 Å². The van der Waals surface area contributed by atoms with Gasteiger partial charge in [-0.2, -0.15) is 10.2 Å². The minimum atomic E-state index is 0.373. The Hall–Kier alpha value is -1.94. The van der Waals surface area contributed by atoms with Gasteiger partial charge in [-0.05, 0) is 12.5 Å². The lowest BCUT2D eigenvalue weighted by atomic mass is 10.4. The van der Waals surface area contributed by atoms with E-state index < -0.39 is 0 Å². The van der Waals surface area contributed by atoms with Gasteiger partial charge in [0.1, 0.15) is 0 Å². The summed E-state index contributed by atoms with van der Waals surface area (Å²) in [4.78, 5) is 12.4. The smallest absolute Gasteiger partial charge is 0.240 e. The number of nitrogens with zero attached hydrogens (tertiary/aromatic N) is 5. The van der Waals surface area contributed by atoms with E-state index in [1.165, 1.54) is 11.8 Å². The molecule has 2 aromatic rings. The molecule has 0 amide bonds. The molecule has 2 aromatic heterocycles. The van der Waals surface area contributed by atoms with Gasteiger partial charge in [-0.25, -0.2) is 9.97 Å². The summed E-state index contributed by atoms with van der Waals surface area (Å²) in [6.07, 6.45) is 3.39. The van der Waals surface area contributed by atoms with Crippen molar-refractivity contribution in [1.29, 1.82) is 5.26 Å². The van der Waals surface area contributed by atoms with Gasteiger partial charge >= 0.3 is 0 Å². The molecule has 0 fully saturated rings.